The monoisotopic (exact) mass is 274 g/mol. The first-order valence-corrected chi connectivity index (χ1v) is 5.38. The van der Waals surface area contributed by atoms with E-state index in [9.17, 15) is 9.18 Å². The standard InChI is InChI=1S/C10H12BrFN2O/c1-2-13-6-10(15)14-9-5-7(12)3-4-8(9)11/h3-5,13H,2,6H2,1H3,(H,14,15). The van der Waals surface area contributed by atoms with E-state index in [2.05, 4.69) is 26.6 Å². The molecule has 2 N–H and O–H groups in total. The number of nitrogens with one attached hydrogen (secondary N) is 2. The van der Waals surface area contributed by atoms with Crippen LogP contribution < -0.4 is 10.6 Å². The molecular weight excluding hydrogens is 263 g/mol. The summed E-state index contributed by atoms with van der Waals surface area (Å²) in [5.74, 6) is -0.569. The number of hydrogen-bond acceptors (Lipinski definition) is 2. The van der Waals surface area contributed by atoms with E-state index in [0.717, 1.165) is 6.54 Å². The molecular formula is C10H12BrFN2O. The first-order chi connectivity index (χ1) is 7.13. The van der Waals surface area contributed by atoms with Gasteiger partial charge in [-0.15, -0.1) is 0 Å². The zero-order valence-electron chi connectivity index (χ0n) is 8.31. The minimum atomic E-state index is -0.378. The number of carbonyl (C=O) groups excluding carboxylic acids is 1. The van der Waals surface area contributed by atoms with Crippen LogP contribution in [0, 0.1) is 5.82 Å². The smallest absolute Gasteiger partial charge is 0.238 e. The highest BCUT2D eigenvalue weighted by atomic mass is 79.9. The van der Waals surface area contributed by atoms with Crippen LogP contribution >= 0.6 is 15.9 Å². The Bertz CT molecular complexity index is 357. The minimum absolute atomic E-state index is 0.192. The zero-order chi connectivity index (χ0) is 11.3. The molecule has 0 aromatic heterocycles. The lowest BCUT2D eigenvalue weighted by Crippen LogP contribution is -2.27. The lowest BCUT2D eigenvalue weighted by atomic mass is 10.3. The molecule has 1 rings (SSSR count). The second-order valence-electron chi connectivity index (χ2n) is 2.95. The van der Waals surface area contributed by atoms with Gasteiger partial charge in [0.2, 0.25) is 5.91 Å². The van der Waals surface area contributed by atoms with Gasteiger partial charge in [-0.3, -0.25) is 4.79 Å². The maximum absolute atomic E-state index is 12.9. The van der Waals surface area contributed by atoms with Crippen molar-refractivity contribution in [1.82, 2.24) is 5.32 Å². The van der Waals surface area contributed by atoms with E-state index < -0.39 is 0 Å². The second kappa shape index (κ2) is 5.82. The van der Waals surface area contributed by atoms with Gasteiger partial charge in [0.15, 0.2) is 0 Å². The van der Waals surface area contributed by atoms with Crippen LogP contribution in [0.15, 0.2) is 22.7 Å². The molecule has 1 amide bonds. The summed E-state index contributed by atoms with van der Waals surface area (Å²) in [4.78, 5) is 11.3. The van der Waals surface area contributed by atoms with Crippen LogP contribution in [-0.4, -0.2) is 19.0 Å². The lowest BCUT2D eigenvalue weighted by Gasteiger charge is -2.07. The number of rotatable bonds is 4. The molecule has 0 radical (unpaired) electrons. The highest BCUT2D eigenvalue weighted by Gasteiger charge is 2.05. The molecule has 0 aliphatic carbocycles. The molecule has 0 bridgehead atoms. The average Bonchev–Trinajstić information content (AvgIpc) is 2.20. The van der Waals surface area contributed by atoms with E-state index in [-0.39, 0.29) is 18.3 Å². The van der Waals surface area contributed by atoms with Gasteiger partial charge in [-0.05, 0) is 40.7 Å². The molecule has 0 spiro atoms. The Hall–Kier alpha value is -0.940. The summed E-state index contributed by atoms with van der Waals surface area (Å²) in [6.07, 6.45) is 0. The molecule has 0 unspecified atom stereocenters. The number of anilines is 1. The first kappa shape index (κ1) is 12.1. The Balaban J connectivity index is 2.63. The van der Waals surface area contributed by atoms with Gasteiger partial charge in [-0.25, -0.2) is 4.39 Å². The number of likely N-dealkylation sites (N-methyl/N-ethyl adjacent to an activating group) is 1. The maximum Gasteiger partial charge on any atom is 0.238 e. The molecule has 0 fully saturated rings. The van der Waals surface area contributed by atoms with Crippen LogP contribution in [0.1, 0.15) is 6.92 Å². The summed E-state index contributed by atoms with van der Waals surface area (Å²) in [5.41, 5.74) is 0.443. The fourth-order valence-corrected chi connectivity index (χ4v) is 1.37. The van der Waals surface area contributed by atoms with Crippen molar-refractivity contribution in [3.63, 3.8) is 0 Å². The highest BCUT2D eigenvalue weighted by Crippen LogP contribution is 2.22. The molecule has 0 saturated heterocycles. The van der Waals surface area contributed by atoms with Crippen LogP contribution in [0.4, 0.5) is 10.1 Å². The average molecular weight is 275 g/mol. The normalized spacial score (nSPS) is 10.1. The van der Waals surface area contributed by atoms with E-state index >= 15 is 0 Å². The molecule has 82 valence electrons. The Kier molecular flexibility index (Phi) is 4.71. The van der Waals surface area contributed by atoms with Gasteiger partial charge >= 0.3 is 0 Å². The van der Waals surface area contributed by atoms with Crippen molar-refractivity contribution in [1.29, 1.82) is 0 Å². The van der Waals surface area contributed by atoms with Gasteiger partial charge in [0.1, 0.15) is 5.82 Å². The van der Waals surface area contributed by atoms with E-state index in [1.54, 1.807) is 6.07 Å². The Labute approximate surface area is 96.2 Å². The number of benzene rings is 1. The number of hydrogen-bond donors (Lipinski definition) is 2. The number of halogens is 2. The van der Waals surface area contributed by atoms with Crippen molar-refractivity contribution in [2.45, 2.75) is 6.92 Å². The Morgan fingerprint density at radius 1 is 1.53 bits per heavy atom. The molecule has 0 aliphatic heterocycles. The largest absolute Gasteiger partial charge is 0.324 e. The van der Waals surface area contributed by atoms with Crippen LogP contribution in [0.2, 0.25) is 0 Å². The van der Waals surface area contributed by atoms with Gasteiger partial charge in [-0.2, -0.15) is 0 Å². The summed E-state index contributed by atoms with van der Waals surface area (Å²) >= 11 is 3.23. The molecule has 0 atom stereocenters. The molecule has 1 aromatic carbocycles. The van der Waals surface area contributed by atoms with Crippen molar-refractivity contribution < 1.29 is 9.18 Å². The van der Waals surface area contributed by atoms with Gasteiger partial charge in [0.25, 0.3) is 0 Å². The second-order valence-corrected chi connectivity index (χ2v) is 3.81. The topological polar surface area (TPSA) is 41.1 Å². The maximum atomic E-state index is 12.9. The third-order valence-electron chi connectivity index (χ3n) is 1.74. The van der Waals surface area contributed by atoms with Crippen molar-refractivity contribution in [2.75, 3.05) is 18.4 Å². The Morgan fingerprint density at radius 3 is 2.93 bits per heavy atom. The van der Waals surface area contributed by atoms with Crippen molar-refractivity contribution in [3.05, 3.63) is 28.5 Å². The van der Waals surface area contributed by atoms with Crippen LogP contribution in [0.5, 0.6) is 0 Å². The molecule has 1 aromatic rings. The van der Waals surface area contributed by atoms with Crippen LogP contribution in [0.3, 0.4) is 0 Å². The first-order valence-electron chi connectivity index (χ1n) is 4.59. The molecule has 0 saturated carbocycles. The molecule has 0 heterocycles. The van der Waals surface area contributed by atoms with Crippen LogP contribution in [-0.2, 0) is 4.79 Å². The van der Waals surface area contributed by atoms with Crippen molar-refractivity contribution >= 4 is 27.5 Å². The SMILES string of the molecule is CCNCC(=O)Nc1cc(F)ccc1Br. The lowest BCUT2D eigenvalue weighted by molar-refractivity contribution is -0.115. The van der Waals surface area contributed by atoms with E-state index in [4.69, 9.17) is 0 Å². The molecule has 3 nitrogen and oxygen atoms in total. The fraction of sp³-hybridized carbons (Fsp3) is 0.300. The summed E-state index contributed by atoms with van der Waals surface area (Å²) in [5, 5.41) is 5.48. The molecule has 0 aliphatic rings. The quantitative estimate of drug-likeness (QED) is 0.883. The summed E-state index contributed by atoms with van der Waals surface area (Å²) in [6.45, 7) is 2.85. The minimum Gasteiger partial charge on any atom is -0.324 e. The van der Waals surface area contributed by atoms with Gasteiger partial charge in [0.05, 0.1) is 12.2 Å². The number of amides is 1. The molecule has 15 heavy (non-hydrogen) atoms. The highest BCUT2D eigenvalue weighted by molar-refractivity contribution is 9.10. The summed E-state index contributed by atoms with van der Waals surface area (Å²) in [6, 6.07) is 4.15. The van der Waals surface area contributed by atoms with E-state index in [1.807, 2.05) is 6.92 Å². The predicted octanol–water partition coefficient (Wildman–Crippen LogP) is 2.14. The van der Waals surface area contributed by atoms with Gasteiger partial charge < -0.3 is 10.6 Å². The predicted molar refractivity (Wildman–Crippen MR) is 61.3 cm³/mol. The van der Waals surface area contributed by atoms with Gasteiger partial charge in [-0.1, -0.05) is 6.92 Å². The van der Waals surface area contributed by atoms with Gasteiger partial charge in [0, 0.05) is 4.47 Å². The fourth-order valence-electron chi connectivity index (χ4n) is 1.03. The van der Waals surface area contributed by atoms with E-state index in [0.29, 0.717) is 10.2 Å². The van der Waals surface area contributed by atoms with E-state index in [1.165, 1.54) is 12.1 Å². The third-order valence-corrected chi connectivity index (χ3v) is 2.43. The Morgan fingerprint density at radius 2 is 2.27 bits per heavy atom. The molecule has 5 heteroatoms. The summed E-state index contributed by atoms with van der Waals surface area (Å²) < 4.78 is 13.5. The number of carbonyl (C=O) groups is 1. The zero-order valence-corrected chi connectivity index (χ0v) is 9.90. The van der Waals surface area contributed by atoms with Crippen molar-refractivity contribution in [3.8, 4) is 0 Å². The third kappa shape index (κ3) is 3.97. The van der Waals surface area contributed by atoms with Crippen molar-refractivity contribution in [2.24, 2.45) is 0 Å². The summed E-state index contributed by atoms with van der Waals surface area (Å²) in [7, 11) is 0. The van der Waals surface area contributed by atoms with Crippen LogP contribution in [0.25, 0.3) is 0 Å².